The molecule has 2 unspecified atom stereocenters. The van der Waals surface area contributed by atoms with E-state index in [2.05, 4.69) is 11.8 Å². The van der Waals surface area contributed by atoms with Gasteiger partial charge in [-0.1, -0.05) is 13.3 Å². The zero-order valence-electron chi connectivity index (χ0n) is 10.2. The van der Waals surface area contributed by atoms with Gasteiger partial charge in [-0.05, 0) is 32.2 Å². The SMILES string of the molecule is CCOCCCN1CCC(N)C(CC)C1. The molecule has 1 saturated heterocycles. The summed E-state index contributed by atoms with van der Waals surface area (Å²) in [5.41, 5.74) is 6.08. The van der Waals surface area contributed by atoms with Crippen molar-refractivity contribution in [3.63, 3.8) is 0 Å². The number of piperidine rings is 1. The molecule has 0 aromatic heterocycles. The predicted octanol–water partition coefficient (Wildman–Crippen LogP) is 1.47. The molecule has 3 nitrogen and oxygen atoms in total. The van der Waals surface area contributed by atoms with Crippen LogP contribution in [0.1, 0.15) is 33.1 Å². The minimum absolute atomic E-state index is 0.429. The highest BCUT2D eigenvalue weighted by atomic mass is 16.5. The lowest BCUT2D eigenvalue weighted by Gasteiger charge is -2.36. The van der Waals surface area contributed by atoms with Gasteiger partial charge in [0.1, 0.15) is 0 Å². The Kier molecular flexibility index (Phi) is 6.22. The molecule has 2 atom stereocenters. The van der Waals surface area contributed by atoms with Crippen molar-refractivity contribution in [3.8, 4) is 0 Å². The van der Waals surface area contributed by atoms with Gasteiger partial charge in [0.2, 0.25) is 0 Å². The lowest BCUT2D eigenvalue weighted by Crippen LogP contribution is -2.47. The first-order valence-electron chi connectivity index (χ1n) is 6.33. The number of nitrogens with two attached hydrogens (primary N) is 1. The third-order valence-electron chi connectivity index (χ3n) is 3.37. The highest BCUT2D eigenvalue weighted by molar-refractivity contribution is 4.81. The van der Waals surface area contributed by atoms with Crippen LogP contribution in [0.5, 0.6) is 0 Å². The van der Waals surface area contributed by atoms with Crippen molar-refractivity contribution < 1.29 is 4.74 Å². The first kappa shape index (κ1) is 12.9. The Morgan fingerprint density at radius 2 is 2.20 bits per heavy atom. The zero-order chi connectivity index (χ0) is 11.1. The van der Waals surface area contributed by atoms with Crippen LogP contribution in [0, 0.1) is 5.92 Å². The van der Waals surface area contributed by atoms with Gasteiger partial charge in [0, 0.05) is 32.3 Å². The highest BCUT2D eigenvalue weighted by Crippen LogP contribution is 2.18. The van der Waals surface area contributed by atoms with Crippen LogP contribution in [0.3, 0.4) is 0 Å². The molecule has 0 aromatic carbocycles. The Morgan fingerprint density at radius 1 is 1.40 bits per heavy atom. The predicted molar refractivity (Wildman–Crippen MR) is 63.9 cm³/mol. The number of hydrogen-bond donors (Lipinski definition) is 1. The molecule has 0 spiro atoms. The molecule has 1 rings (SSSR count). The molecule has 1 heterocycles. The standard InChI is InChI=1S/C12H26N2O/c1-3-11-10-14(8-6-12(11)13)7-5-9-15-4-2/h11-12H,3-10,13H2,1-2H3. The Labute approximate surface area is 94.0 Å². The molecule has 0 aromatic rings. The molecule has 0 aliphatic carbocycles. The molecule has 90 valence electrons. The Morgan fingerprint density at radius 3 is 2.87 bits per heavy atom. The van der Waals surface area contributed by atoms with Crippen LogP contribution in [-0.2, 0) is 4.74 Å². The van der Waals surface area contributed by atoms with E-state index in [1.54, 1.807) is 0 Å². The van der Waals surface area contributed by atoms with Crippen molar-refractivity contribution in [1.29, 1.82) is 0 Å². The van der Waals surface area contributed by atoms with Crippen molar-refractivity contribution in [2.45, 2.75) is 39.2 Å². The first-order chi connectivity index (χ1) is 7.27. The van der Waals surface area contributed by atoms with Crippen molar-refractivity contribution in [2.75, 3.05) is 32.8 Å². The summed E-state index contributed by atoms with van der Waals surface area (Å²) in [5.74, 6) is 0.700. The zero-order valence-corrected chi connectivity index (χ0v) is 10.2. The summed E-state index contributed by atoms with van der Waals surface area (Å²) in [7, 11) is 0. The first-order valence-corrected chi connectivity index (χ1v) is 6.33. The van der Waals surface area contributed by atoms with E-state index in [1.165, 1.54) is 26.1 Å². The fourth-order valence-corrected chi connectivity index (χ4v) is 2.30. The fraction of sp³-hybridized carbons (Fsp3) is 1.00. The van der Waals surface area contributed by atoms with Crippen LogP contribution < -0.4 is 5.73 Å². The summed E-state index contributed by atoms with van der Waals surface area (Å²) in [6.07, 6.45) is 3.52. The van der Waals surface area contributed by atoms with Gasteiger partial charge in [0.25, 0.3) is 0 Å². The van der Waals surface area contributed by atoms with Gasteiger partial charge in [-0.15, -0.1) is 0 Å². The van der Waals surface area contributed by atoms with E-state index in [-0.39, 0.29) is 0 Å². The number of ether oxygens (including phenoxy) is 1. The maximum atomic E-state index is 6.08. The maximum absolute atomic E-state index is 6.08. The second kappa shape index (κ2) is 7.20. The average Bonchev–Trinajstić information content (AvgIpc) is 2.26. The highest BCUT2D eigenvalue weighted by Gasteiger charge is 2.24. The molecule has 1 aliphatic rings. The Hall–Kier alpha value is -0.120. The molecule has 0 bridgehead atoms. The lowest BCUT2D eigenvalue weighted by molar-refractivity contribution is 0.111. The van der Waals surface area contributed by atoms with E-state index in [0.29, 0.717) is 12.0 Å². The molecule has 15 heavy (non-hydrogen) atoms. The lowest BCUT2D eigenvalue weighted by atomic mass is 9.91. The summed E-state index contributed by atoms with van der Waals surface area (Å²) in [5, 5.41) is 0. The van der Waals surface area contributed by atoms with Crippen molar-refractivity contribution >= 4 is 0 Å². The normalized spacial score (nSPS) is 28.2. The van der Waals surface area contributed by atoms with Gasteiger partial charge < -0.3 is 15.4 Å². The van der Waals surface area contributed by atoms with E-state index in [0.717, 1.165) is 26.1 Å². The number of likely N-dealkylation sites (tertiary alicyclic amines) is 1. The van der Waals surface area contributed by atoms with Crippen LogP contribution >= 0.6 is 0 Å². The molecular formula is C12H26N2O. The summed E-state index contributed by atoms with van der Waals surface area (Å²) in [6.45, 7) is 9.55. The van der Waals surface area contributed by atoms with Gasteiger partial charge in [-0.25, -0.2) is 0 Å². The summed E-state index contributed by atoms with van der Waals surface area (Å²) >= 11 is 0. The second-order valence-corrected chi connectivity index (χ2v) is 4.47. The van der Waals surface area contributed by atoms with Crippen LogP contribution in [0.4, 0.5) is 0 Å². The number of rotatable bonds is 6. The molecule has 0 radical (unpaired) electrons. The quantitative estimate of drug-likeness (QED) is 0.681. The molecule has 1 aliphatic heterocycles. The van der Waals surface area contributed by atoms with Crippen LogP contribution in [0.25, 0.3) is 0 Å². The fourth-order valence-electron chi connectivity index (χ4n) is 2.30. The number of hydrogen-bond acceptors (Lipinski definition) is 3. The van der Waals surface area contributed by atoms with Gasteiger partial charge >= 0.3 is 0 Å². The van der Waals surface area contributed by atoms with E-state index < -0.39 is 0 Å². The van der Waals surface area contributed by atoms with E-state index in [9.17, 15) is 0 Å². The second-order valence-electron chi connectivity index (χ2n) is 4.47. The maximum Gasteiger partial charge on any atom is 0.0478 e. The van der Waals surface area contributed by atoms with E-state index in [4.69, 9.17) is 10.5 Å². The molecule has 0 amide bonds. The summed E-state index contributed by atoms with van der Waals surface area (Å²) in [4.78, 5) is 2.54. The van der Waals surface area contributed by atoms with Gasteiger partial charge in [0.05, 0.1) is 0 Å². The van der Waals surface area contributed by atoms with Crippen molar-refractivity contribution in [1.82, 2.24) is 4.90 Å². The van der Waals surface area contributed by atoms with Crippen LogP contribution in [-0.4, -0.2) is 43.8 Å². The van der Waals surface area contributed by atoms with Crippen molar-refractivity contribution in [2.24, 2.45) is 11.7 Å². The molecule has 2 N–H and O–H groups in total. The minimum Gasteiger partial charge on any atom is -0.382 e. The van der Waals surface area contributed by atoms with Gasteiger partial charge in [0.15, 0.2) is 0 Å². The van der Waals surface area contributed by atoms with E-state index >= 15 is 0 Å². The summed E-state index contributed by atoms with van der Waals surface area (Å²) in [6, 6.07) is 0.429. The average molecular weight is 214 g/mol. The topological polar surface area (TPSA) is 38.5 Å². The van der Waals surface area contributed by atoms with E-state index in [1.807, 2.05) is 6.92 Å². The van der Waals surface area contributed by atoms with Crippen LogP contribution in [0.15, 0.2) is 0 Å². The van der Waals surface area contributed by atoms with Gasteiger partial charge in [-0.2, -0.15) is 0 Å². The summed E-state index contributed by atoms with van der Waals surface area (Å²) < 4.78 is 5.35. The Bertz CT molecular complexity index is 164. The Balaban J connectivity index is 2.14. The van der Waals surface area contributed by atoms with Gasteiger partial charge in [-0.3, -0.25) is 0 Å². The van der Waals surface area contributed by atoms with Crippen molar-refractivity contribution in [3.05, 3.63) is 0 Å². The molecule has 3 heteroatoms. The largest absolute Gasteiger partial charge is 0.382 e. The minimum atomic E-state index is 0.429. The molecular weight excluding hydrogens is 188 g/mol. The third-order valence-corrected chi connectivity index (χ3v) is 3.37. The smallest absolute Gasteiger partial charge is 0.0478 e. The monoisotopic (exact) mass is 214 g/mol. The number of nitrogens with zero attached hydrogens (tertiary/aromatic N) is 1. The van der Waals surface area contributed by atoms with Crippen LogP contribution in [0.2, 0.25) is 0 Å². The third kappa shape index (κ3) is 4.49. The molecule has 1 fully saturated rings. The molecule has 0 saturated carbocycles.